The molecule has 0 aromatic heterocycles. The van der Waals surface area contributed by atoms with E-state index in [0.29, 0.717) is 18.5 Å². The molecule has 3 heteroatoms. The lowest BCUT2D eigenvalue weighted by Gasteiger charge is -2.28. The summed E-state index contributed by atoms with van der Waals surface area (Å²) in [6, 6.07) is 0.516. The van der Waals surface area contributed by atoms with Crippen molar-refractivity contribution in [3.8, 4) is 0 Å². The van der Waals surface area contributed by atoms with Crippen molar-refractivity contribution < 1.29 is 5.11 Å². The highest BCUT2D eigenvalue weighted by atomic mass is 16.3. The average Bonchev–Trinajstić information content (AvgIpc) is 2.03. The van der Waals surface area contributed by atoms with Crippen LogP contribution in [0.2, 0.25) is 0 Å². The number of nitrogens with two attached hydrogens (primary N) is 1. The van der Waals surface area contributed by atoms with Crippen LogP contribution < -0.4 is 5.73 Å². The summed E-state index contributed by atoms with van der Waals surface area (Å²) in [6.07, 6.45) is 0. The molecule has 0 aromatic rings. The van der Waals surface area contributed by atoms with E-state index in [1.54, 1.807) is 0 Å². The van der Waals surface area contributed by atoms with Crippen LogP contribution in [-0.4, -0.2) is 42.3 Å². The van der Waals surface area contributed by atoms with Crippen molar-refractivity contribution in [1.29, 1.82) is 0 Å². The first-order valence-electron chi connectivity index (χ1n) is 4.66. The Balaban J connectivity index is 3.77. The number of hydrogen-bond donors (Lipinski definition) is 2. The van der Waals surface area contributed by atoms with Crippen LogP contribution in [0.5, 0.6) is 0 Å². The largest absolute Gasteiger partial charge is 0.396 e. The molecule has 0 aliphatic rings. The Morgan fingerprint density at radius 2 is 1.92 bits per heavy atom. The Morgan fingerprint density at radius 1 is 1.33 bits per heavy atom. The van der Waals surface area contributed by atoms with E-state index in [-0.39, 0.29) is 6.61 Å². The van der Waals surface area contributed by atoms with Gasteiger partial charge < -0.3 is 10.8 Å². The summed E-state index contributed by atoms with van der Waals surface area (Å²) in [5.74, 6) is 0.346. The third-order valence-electron chi connectivity index (χ3n) is 2.00. The molecular formula is C9H22N2O. The number of rotatable bonds is 6. The van der Waals surface area contributed by atoms with Gasteiger partial charge >= 0.3 is 0 Å². The molecule has 0 saturated heterocycles. The van der Waals surface area contributed by atoms with Crippen LogP contribution in [0.15, 0.2) is 0 Å². The monoisotopic (exact) mass is 174 g/mol. The van der Waals surface area contributed by atoms with Crippen molar-refractivity contribution >= 4 is 0 Å². The normalized spacial score (nSPS) is 14.2. The lowest BCUT2D eigenvalue weighted by atomic mass is 10.1. The van der Waals surface area contributed by atoms with Gasteiger partial charge in [0.1, 0.15) is 0 Å². The summed E-state index contributed by atoms with van der Waals surface area (Å²) >= 11 is 0. The molecule has 0 radical (unpaired) electrons. The van der Waals surface area contributed by atoms with Crippen LogP contribution in [0, 0.1) is 5.92 Å². The molecule has 0 aromatic carbocycles. The zero-order chi connectivity index (χ0) is 9.56. The third kappa shape index (κ3) is 4.70. The summed E-state index contributed by atoms with van der Waals surface area (Å²) in [7, 11) is 0. The maximum atomic E-state index is 8.88. The van der Waals surface area contributed by atoms with Crippen LogP contribution in [0.25, 0.3) is 0 Å². The maximum Gasteiger partial charge on any atom is 0.0468 e. The quantitative estimate of drug-likeness (QED) is 0.608. The van der Waals surface area contributed by atoms with E-state index in [1.807, 2.05) is 6.92 Å². The van der Waals surface area contributed by atoms with Gasteiger partial charge in [-0.1, -0.05) is 6.92 Å². The lowest BCUT2D eigenvalue weighted by Crippen LogP contribution is -2.39. The van der Waals surface area contributed by atoms with Gasteiger partial charge in [-0.25, -0.2) is 0 Å². The van der Waals surface area contributed by atoms with Crippen LogP contribution in [0.1, 0.15) is 20.8 Å². The van der Waals surface area contributed by atoms with Crippen molar-refractivity contribution in [3.05, 3.63) is 0 Å². The van der Waals surface area contributed by atoms with E-state index in [0.717, 1.165) is 13.1 Å². The van der Waals surface area contributed by atoms with E-state index >= 15 is 0 Å². The summed E-state index contributed by atoms with van der Waals surface area (Å²) in [5.41, 5.74) is 5.48. The van der Waals surface area contributed by atoms with Crippen LogP contribution >= 0.6 is 0 Å². The molecule has 12 heavy (non-hydrogen) atoms. The minimum atomic E-state index is 0.258. The van der Waals surface area contributed by atoms with Crippen molar-refractivity contribution in [2.75, 3.05) is 26.2 Å². The number of aliphatic hydroxyl groups excluding tert-OH is 1. The maximum absolute atomic E-state index is 8.88. The molecule has 0 aliphatic heterocycles. The van der Waals surface area contributed by atoms with E-state index in [9.17, 15) is 0 Å². The van der Waals surface area contributed by atoms with Crippen LogP contribution in [0.3, 0.4) is 0 Å². The van der Waals surface area contributed by atoms with Gasteiger partial charge in [-0.05, 0) is 19.8 Å². The SMILES string of the molecule is CC(CO)CN(CCN)C(C)C. The van der Waals surface area contributed by atoms with Gasteiger partial charge in [0.15, 0.2) is 0 Å². The fourth-order valence-corrected chi connectivity index (χ4v) is 1.18. The molecule has 0 rings (SSSR count). The average molecular weight is 174 g/mol. The van der Waals surface area contributed by atoms with Crippen molar-refractivity contribution in [3.63, 3.8) is 0 Å². The number of nitrogens with zero attached hydrogens (tertiary/aromatic N) is 1. The molecule has 0 aliphatic carbocycles. The predicted molar refractivity (Wildman–Crippen MR) is 52.0 cm³/mol. The second-order valence-electron chi connectivity index (χ2n) is 3.67. The molecule has 0 bridgehead atoms. The zero-order valence-corrected chi connectivity index (χ0v) is 8.45. The summed E-state index contributed by atoms with van der Waals surface area (Å²) < 4.78 is 0. The molecule has 0 amide bonds. The van der Waals surface area contributed by atoms with E-state index in [2.05, 4.69) is 18.7 Å². The van der Waals surface area contributed by atoms with Gasteiger partial charge in [0.05, 0.1) is 0 Å². The second kappa shape index (κ2) is 6.40. The first kappa shape index (κ1) is 11.9. The molecule has 74 valence electrons. The standard InChI is InChI=1S/C9H22N2O/c1-8(2)11(5-4-10)6-9(3)7-12/h8-9,12H,4-7,10H2,1-3H3. The highest BCUT2D eigenvalue weighted by Gasteiger charge is 2.11. The first-order chi connectivity index (χ1) is 5.61. The molecule has 3 nitrogen and oxygen atoms in total. The van der Waals surface area contributed by atoms with Gasteiger partial charge in [0.25, 0.3) is 0 Å². The Bertz CT molecular complexity index is 107. The topological polar surface area (TPSA) is 49.5 Å². The molecule has 0 fully saturated rings. The Morgan fingerprint density at radius 3 is 2.25 bits per heavy atom. The van der Waals surface area contributed by atoms with E-state index in [1.165, 1.54) is 0 Å². The molecule has 0 saturated carbocycles. The smallest absolute Gasteiger partial charge is 0.0468 e. The van der Waals surface area contributed by atoms with Crippen LogP contribution in [0.4, 0.5) is 0 Å². The van der Waals surface area contributed by atoms with Crippen molar-refractivity contribution in [1.82, 2.24) is 4.90 Å². The predicted octanol–water partition coefficient (Wildman–Crippen LogP) is 0.284. The molecule has 1 atom stereocenters. The summed E-state index contributed by atoms with van der Waals surface area (Å²) in [5, 5.41) is 8.88. The summed E-state index contributed by atoms with van der Waals surface area (Å²) in [4.78, 5) is 2.29. The van der Waals surface area contributed by atoms with Gasteiger partial charge in [0.2, 0.25) is 0 Å². The summed E-state index contributed by atoms with van der Waals surface area (Å²) in [6.45, 7) is 9.16. The number of hydrogen-bond acceptors (Lipinski definition) is 3. The van der Waals surface area contributed by atoms with E-state index < -0.39 is 0 Å². The van der Waals surface area contributed by atoms with Crippen molar-refractivity contribution in [2.45, 2.75) is 26.8 Å². The molecular weight excluding hydrogens is 152 g/mol. The lowest BCUT2D eigenvalue weighted by molar-refractivity contribution is 0.152. The van der Waals surface area contributed by atoms with Crippen LogP contribution in [-0.2, 0) is 0 Å². The second-order valence-corrected chi connectivity index (χ2v) is 3.67. The Kier molecular flexibility index (Phi) is 6.34. The van der Waals surface area contributed by atoms with E-state index in [4.69, 9.17) is 10.8 Å². The number of aliphatic hydroxyl groups is 1. The highest BCUT2D eigenvalue weighted by Crippen LogP contribution is 2.02. The van der Waals surface area contributed by atoms with Gasteiger partial charge in [-0.2, -0.15) is 0 Å². The van der Waals surface area contributed by atoms with Gasteiger partial charge in [0, 0.05) is 32.3 Å². The molecule has 3 N–H and O–H groups in total. The Hall–Kier alpha value is -0.120. The van der Waals surface area contributed by atoms with Gasteiger partial charge in [-0.3, -0.25) is 4.90 Å². The minimum absolute atomic E-state index is 0.258. The third-order valence-corrected chi connectivity index (χ3v) is 2.00. The zero-order valence-electron chi connectivity index (χ0n) is 8.45. The Labute approximate surface area is 75.6 Å². The first-order valence-corrected chi connectivity index (χ1v) is 4.66. The molecule has 0 spiro atoms. The fourth-order valence-electron chi connectivity index (χ4n) is 1.18. The minimum Gasteiger partial charge on any atom is -0.396 e. The fraction of sp³-hybridized carbons (Fsp3) is 1.00. The van der Waals surface area contributed by atoms with Gasteiger partial charge in [-0.15, -0.1) is 0 Å². The molecule has 1 unspecified atom stereocenters. The molecule has 0 heterocycles. The van der Waals surface area contributed by atoms with Crippen molar-refractivity contribution in [2.24, 2.45) is 11.7 Å². The highest BCUT2D eigenvalue weighted by molar-refractivity contribution is 4.66.